The van der Waals surface area contributed by atoms with E-state index in [1.54, 1.807) is 48.5 Å². The van der Waals surface area contributed by atoms with Crippen LogP contribution in [0.3, 0.4) is 0 Å². The summed E-state index contributed by atoms with van der Waals surface area (Å²) in [4.78, 5) is 25.5. The normalized spacial score (nSPS) is 10.7. The molecule has 7 nitrogen and oxygen atoms in total. The van der Waals surface area contributed by atoms with Gasteiger partial charge in [-0.25, -0.2) is 0 Å². The van der Waals surface area contributed by atoms with Crippen LogP contribution in [0.4, 0.5) is 17.3 Å². The van der Waals surface area contributed by atoms with Gasteiger partial charge in [0.15, 0.2) is 0 Å². The molecule has 0 bridgehead atoms. The molecule has 168 valence electrons. The molecule has 0 aliphatic carbocycles. The average Bonchev–Trinajstić information content (AvgIpc) is 3.28. The number of hydrogen-bond acceptors (Lipinski definition) is 5. The van der Waals surface area contributed by atoms with Gasteiger partial charge in [-0.3, -0.25) is 14.5 Å². The molecule has 0 aliphatic rings. The number of nitrogens with zero attached hydrogens (tertiary/aromatic N) is 1. The number of nitrogens with two attached hydrogens (primary N) is 1. The second-order valence-electron chi connectivity index (χ2n) is 7.49. The van der Waals surface area contributed by atoms with Crippen LogP contribution in [0.1, 0.15) is 22.8 Å². The predicted octanol–water partition coefficient (Wildman–Crippen LogP) is 4.87. The van der Waals surface area contributed by atoms with Gasteiger partial charge in [-0.15, -0.1) is 0 Å². The lowest BCUT2D eigenvalue weighted by Crippen LogP contribution is -2.26. The Morgan fingerprint density at radius 2 is 1.88 bits per heavy atom. The zero-order valence-electron chi connectivity index (χ0n) is 18.3. The van der Waals surface area contributed by atoms with Gasteiger partial charge in [0.2, 0.25) is 12.3 Å². The van der Waals surface area contributed by atoms with E-state index in [1.165, 1.54) is 4.90 Å². The summed E-state index contributed by atoms with van der Waals surface area (Å²) in [5.74, 6) is 0.814. The maximum atomic E-state index is 12.4. The first kappa shape index (κ1) is 22.0. The first-order valence-electron chi connectivity index (χ1n) is 10.7. The van der Waals surface area contributed by atoms with E-state index in [4.69, 9.17) is 14.9 Å². The Labute approximate surface area is 191 Å². The lowest BCUT2D eigenvalue weighted by atomic mass is 10.1. The summed E-state index contributed by atoms with van der Waals surface area (Å²) in [5, 5.41) is 3.75. The Kier molecular flexibility index (Phi) is 6.59. The molecule has 1 aromatic heterocycles. The molecule has 0 aliphatic heterocycles. The van der Waals surface area contributed by atoms with Gasteiger partial charge in [0.25, 0.3) is 5.91 Å². The number of rotatable bonds is 9. The van der Waals surface area contributed by atoms with Crippen molar-refractivity contribution in [3.63, 3.8) is 0 Å². The van der Waals surface area contributed by atoms with E-state index in [2.05, 4.69) is 12.2 Å². The standard InChI is InChI=1S/C26H25N3O4/c1-2-18-6-5-7-20-16-24(33-25(18)20)29(17-30)14-15-32-21-12-10-19(11-13-21)26(31)28-23-9-4-3-8-22(23)27/h3-13,16-17H,2,14-15,27H2,1H3,(H,28,31). The van der Waals surface area contributed by atoms with E-state index in [-0.39, 0.29) is 12.5 Å². The number of ether oxygens (including phenoxy) is 1. The molecular formula is C26H25N3O4. The number of fused-ring (bicyclic) bond motifs is 1. The maximum Gasteiger partial charge on any atom is 0.255 e. The van der Waals surface area contributed by atoms with E-state index in [0.717, 1.165) is 29.4 Å². The second-order valence-corrected chi connectivity index (χ2v) is 7.49. The predicted molar refractivity (Wildman–Crippen MR) is 130 cm³/mol. The number of anilines is 3. The highest BCUT2D eigenvalue weighted by molar-refractivity contribution is 6.05. The van der Waals surface area contributed by atoms with Crippen LogP contribution in [0.15, 0.2) is 77.2 Å². The third-order valence-electron chi connectivity index (χ3n) is 5.33. The van der Waals surface area contributed by atoms with Gasteiger partial charge in [0.05, 0.1) is 17.9 Å². The molecule has 4 rings (SSSR count). The largest absolute Gasteiger partial charge is 0.492 e. The number of benzene rings is 3. The molecule has 7 heteroatoms. The minimum absolute atomic E-state index is 0.261. The van der Waals surface area contributed by atoms with Crippen molar-refractivity contribution < 1.29 is 18.7 Å². The van der Waals surface area contributed by atoms with Crippen LogP contribution < -0.4 is 20.7 Å². The molecular weight excluding hydrogens is 418 g/mol. The van der Waals surface area contributed by atoms with Crippen LogP contribution >= 0.6 is 0 Å². The van der Waals surface area contributed by atoms with Gasteiger partial charge >= 0.3 is 0 Å². The molecule has 3 aromatic carbocycles. The molecule has 0 spiro atoms. The summed E-state index contributed by atoms with van der Waals surface area (Å²) in [5.41, 5.74) is 9.31. The minimum Gasteiger partial charge on any atom is -0.492 e. The van der Waals surface area contributed by atoms with Gasteiger partial charge in [-0.1, -0.05) is 37.3 Å². The summed E-state index contributed by atoms with van der Waals surface area (Å²) >= 11 is 0. The van der Waals surface area contributed by atoms with Gasteiger partial charge in [0.1, 0.15) is 17.9 Å². The van der Waals surface area contributed by atoms with Crippen LogP contribution in [-0.4, -0.2) is 25.5 Å². The van der Waals surface area contributed by atoms with Gasteiger partial charge < -0.3 is 20.2 Å². The Balaban J connectivity index is 1.35. The number of nitrogen functional groups attached to an aromatic ring is 1. The highest BCUT2D eigenvalue weighted by atomic mass is 16.5. The lowest BCUT2D eigenvalue weighted by molar-refractivity contribution is -0.107. The zero-order valence-corrected chi connectivity index (χ0v) is 18.3. The summed E-state index contributed by atoms with van der Waals surface area (Å²) in [7, 11) is 0. The van der Waals surface area contributed by atoms with E-state index in [0.29, 0.717) is 35.1 Å². The summed E-state index contributed by atoms with van der Waals surface area (Å²) in [6.07, 6.45) is 1.58. The molecule has 3 N–H and O–H groups in total. The monoisotopic (exact) mass is 443 g/mol. The topological polar surface area (TPSA) is 97.8 Å². The number of nitrogens with one attached hydrogen (secondary N) is 1. The molecule has 0 fully saturated rings. The fourth-order valence-corrected chi connectivity index (χ4v) is 3.51. The maximum absolute atomic E-state index is 12.4. The van der Waals surface area contributed by atoms with Crippen LogP contribution in [0.5, 0.6) is 5.75 Å². The summed E-state index contributed by atoms with van der Waals surface area (Å²) in [6, 6.07) is 21.7. The number of furan rings is 1. The average molecular weight is 444 g/mol. The lowest BCUT2D eigenvalue weighted by Gasteiger charge is -2.15. The quantitative estimate of drug-likeness (QED) is 0.284. The number of hydrogen-bond donors (Lipinski definition) is 2. The Bertz CT molecular complexity index is 1260. The highest BCUT2D eigenvalue weighted by Crippen LogP contribution is 2.28. The first-order valence-corrected chi connectivity index (χ1v) is 10.7. The molecule has 2 amide bonds. The molecule has 0 unspecified atom stereocenters. The number of carbonyl (C=O) groups excluding carboxylic acids is 2. The molecule has 0 radical (unpaired) electrons. The van der Waals surface area contributed by atoms with Crippen molar-refractivity contribution in [2.75, 3.05) is 29.1 Å². The van der Waals surface area contributed by atoms with E-state index < -0.39 is 0 Å². The van der Waals surface area contributed by atoms with Crippen LogP contribution in [0.2, 0.25) is 0 Å². The van der Waals surface area contributed by atoms with Crippen molar-refractivity contribution >= 4 is 40.5 Å². The van der Waals surface area contributed by atoms with Crippen molar-refractivity contribution in [2.45, 2.75) is 13.3 Å². The smallest absolute Gasteiger partial charge is 0.255 e. The van der Waals surface area contributed by atoms with Crippen molar-refractivity contribution in [1.82, 2.24) is 0 Å². The number of aryl methyl sites for hydroxylation is 1. The third kappa shape index (κ3) is 4.98. The van der Waals surface area contributed by atoms with Crippen LogP contribution in [0.25, 0.3) is 11.0 Å². The fraction of sp³-hybridized carbons (Fsp3) is 0.154. The van der Waals surface area contributed by atoms with Crippen molar-refractivity contribution in [3.05, 3.63) is 83.9 Å². The molecule has 33 heavy (non-hydrogen) atoms. The molecule has 1 heterocycles. The van der Waals surface area contributed by atoms with E-state index >= 15 is 0 Å². The Morgan fingerprint density at radius 3 is 2.61 bits per heavy atom. The highest BCUT2D eigenvalue weighted by Gasteiger charge is 2.14. The Morgan fingerprint density at radius 1 is 1.09 bits per heavy atom. The van der Waals surface area contributed by atoms with Crippen LogP contribution in [-0.2, 0) is 11.2 Å². The Hall–Kier alpha value is -4.26. The van der Waals surface area contributed by atoms with Crippen molar-refractivity contribution in [2.24, 2.45) is 0 Å². The van der Waals surface area contributed by atoms with Gasteiger partial charge in [-0.05, 0) is 48.4 Å². The molecule has 0 atom stereocenters. The number of carbonyl (C=O) groups is 2. The van der Waals surface area contributed by atoms with E-state index in [1.807, 2.05) is 24.3 Å². The summed E-state index contributed by atoms with van der Waals surface area (Å²) in [6.45, 7) is 2.65. The number of para-hydroxylation sites is 3. The summed E-state index contributed by atoms with van der Waals surface area (Å²) < 4.78 is 11.7. The fourth-order valence-electron chi connectivity index (χ4n) is 3.51. The van der Waals surface area contributed by atoms with Crippen molar-refractivity contribution in [3.8, 4) is 5.75 Å². The molecule has 0 saturated heterocycles. The minimum atomic E-state index is -0.261. The number of amides is 2. The molecule has 4 aromatic rings. The van der Waals surface area contributed by atoms with Gasteiger partial charge in [0, 0.05) is 17.0 Å². The molecule has 0 saturated carbocycles. The van der Waals surface area contributed by atoms with E-state index in [9.17, 15) is 9.59 Å². The zero-order chi connectivity index (χ0) is 23.2. The van der Waals surface area contributed by atoms with Crippen LogP contribution in [0, 0.1) is 0 Å². The van der Waals surface area contributed by atoms with Crippen molar-refractivity contribution in [1.29, 1.82) is 0 Å². The van der Waals surface area contributed by atoms with Gasteiger partial charge in [-0.2, -0.15) is 0 Å². The third-order valence-corrected chi connectivity index (χ3v) is 5.33. The SMILES string of the molecule is CCc1cccc2cc(N(C=O)CCOc3ccc(C(=O)Nc4ccccc4N)cc3)oc12. The first-order chi connectivity index (χ1) is 16.1. The second kappa shape index (κ2) is 9.91.